The monoisotopic (exact) mass is 407 g/mol. The molecule has 0 amide bonds. The zero-order chi connectivity index (χ0) is 20.5. The second-order valence-electron chi connectivity index (χ2n) is 8.71. The number of hydrogen-bond donors (Lipinski definition) is 1. The number of nitrogens with zero attached hydrogens (tertiary/aromatic N) is 5. The van der Waals surface area contributed by atoms with Crippen molar-refractivity contribution in [1.82, 2.24) is 24.5 Å². The largest absolute Gasteiger partial charge is 0.437 e. The van der Waals surface area contributed by atoms with Crippen LogP contribution in [0.1, 0.15) is 30.0 Å². The first-order valence-corrected chi connectivity index (χ1v) is 11.1. The van der Waals surface area contributed by atoms with Gasteiger partial charge in [0.05, 0.1) is 31.1 Å². The minimum Gasteiger partial charge on any atom is -0.437 e. The van der Waals surface area contributed by atoms with E-state index in [1.54, 1.807) is 0 Å². The van der Waals surface area contributed by atoms with Gasteiger partial charge in [-0.2, -0.15) is 5.10 Å². The van der Waals surface area contributed by atoms with Crippen LogP contribution in [0.4, 0.5) is 0 Å². The van der Waals surface area contributed by atoms with Crippen molar-refractivity contribution in [2.75, 3.05) is 45.9 Å². The van der Waals surface area contributed by atoms with Gasteiger partial charge in [-0.3, -0.25) is 14.6 Å². The summed E-state index contributed by atoms with van der Waals surface area (Å²) in [6, 6.07) is 2.54. The minimum absolute atomic E-state index is 0.367. The lowest BCUT2D eigenvalue weighted by Gasteiger charge is -2.32. The molecule has 0 radical (unpaired) electrons. The molecule has 4 heterocycles. The number of morpholine rings is 1. The molecule has 2 saturated heterocycles. The fourth-order valence-electron chi connectivity index (χ4n) is 4.89. The molecule has 158 valence electrons. The molecule has 0 aromatic carbocycles. The number of piperidine rings is 1. The Morgan fingerprint density at radius 2 is 2.00 bits per heavy atom. The molecule has 7 nitrogen and oxygen atoms in total. The molecule has 8 heteroatoms. The first kappa shape index (κ1) is 19.9. The Morgan fingerprint density at radius 3 is 2.77 bits per heavy atom. The van der Waals surface area contributed by atoms with Gasteiger partial charge in [-0.25, -0.2) is 0 Å². The molecule has 30 heavy (non-hydrogen) atoms. The van der Waals surface area contributed by atoms with Gasteiger partial charge in [-0.05, 0) is 50.8 Å². The van der Waals surface area contributed by atoms with Crippen molar-refractivity contribution >= 4 is 13.1 Å². The van der Waals surface area contributed by atoms with Crippen LogP contribution in [0.2, 0.25) is 6.82 Å². The summed E-state index contributed by atoms with van der Waals surface area (Å²) >= 11 is 0. The first-order chi connectivity index (χ1) is 14.7. The van der Waals surface area contributed by atoms with Crippen molar-refractivity contribution < 1.29 is 9.76 Å². The Labute approximate surface area is 178 Å². The first-order valence-electron chi connectivity index (χ1n) is 11.1. The van der Waals surface area contributed by atoms with Crippen LogP contribution >= 0.6 is 0 Å². The maximum absolute atomic E-state index is 9.78. The van der Waals surface area contributed by atoms with Crippen LogP contribution in [-0.2, 0) is 11.2 Å². The number of aromatic nitrogens is 3. The average molecular weight is 407 g/mol. The molecule has 0 saturated carbocycles. The Bertz CT molecular complexity index is 914. The van der Waals surface area contributed by atoms with Crippen LogP contribution in [-0.4, -0.2) is 82.5 Å². The number of ether oxygens (including phenoxy) is 1. The standard InChI is InChI=1S/C22H30BN5O2/c1-23(29)27-6-3-20(4-7-27)28-16-19(14-25-28)22-21-13-17(12-18(21)2-5-24-22)15-26-8-10-30-11-9-26/h2,5,13-14,16,20,29H,3-4,6-12,15H2,1H3. The molecule has 0 unspecified atom stereocenters. The van der Waals surface area contributed by atoms with Crippen LogP contribution in [0.3, 0.4) is 0 Å². The lowest BCUT2D eigenvalue weighted by molar-refractivity contribution is 0.0422. The number of pyridine rings is 1. The Morgan fingerprint density at radius 1 is 1.20 bits per heavy atom. The molecule has 2 aromatic rings. The molecule has 0 atom stereocenters. The maximum Gasteiger partial charge on any atom is 0.376 e. The second-order valence-corrected chi connectivity index (χ2v) is 8.71. The molecular formula is C22H30BN5O2. The molecule has 3 aliphatic rings. The summed E-state index contributed by atoms with van der Waals surface area (Å²) in [4.78, 5) is 9.32. The molecule has 0 bridgehead atoms. The Kier molecular flexibility index (Phi) is 5.73. The van der Waals surface area contributed by atoms with Gasteiger partial charge in [-0.15, -0.1) is 0 Å². The fourth-order valence-corrected chi connectivity index (χ4v) is 4.89. The second kappa shape index (κ2) is 8.63. The summed E-state index contributed by atoms with van der Waals surface area (Å²) < 4.78 is 7.58. The van der Waals surface area contributed by atoms with Crippen LogP contribution < -0.4 is 0 Å². The molecule has 2 aromatic heterocycles. The van der Waals surface area contributed by atoms with Gasteiger partial charge in [0.25, 0.3) is 0 Å². The van der Waals surface area contributed by atoms with Gasteiger partial charge in [0.2, 0.25) is 0 Å². The highest BCUT2D eigenvalue weighted by molar-refractivity contribution is 6.45. The van der Waals surface area contributed by atoms with Crippen LogP contribution in [0.25, 0.3) is 17.3 Å². The number of hydrogen-bond acceptors (Lipinski definition) is 6. The highest BCUT2D eigenvalue weighted by atomic mass is 16.5. The quantitative estimate of drug-likeness (QED) is 0.765. The van der Waals surface area contributed by atoms with Gasteiger partial charge in [0.1, 0.15) is 0 Å². The predicted molar refractivity (Wildman–Crippen MR) is 118 cm³/mol. The Balaban J connectivity index is 1.31. The fraction of sp³-hybridized carbons (Fsp3) is 0.545. The van der Waals surface area contributed by atoms with Crippen LogP contribution in [0.15, 0.2) is 30.2 Å². The summed E-state index contributed by atoms with van der Waals surface area (Å²) in [7, 11) is -0.367. The molecule has 0 spiro atoms. The van der Waals surface area contributed by atoms with E-state index in [4.69, 9.17) is 9.72 Å². The van der Waals surface area contributed by atoms with E-state index in [-0.39, 0.29) is 7.05 Å². The smallest absolute Gasteiger partial charge is 0.376 e. The Hall–Kier alpha value is -2.00. The summed E-state index contributed by atoms with van der Waals surface area (Å²) in [6.45, 7) is 8.37. The lowest BCUT2D eigenvalue weighted by atomic mass is 9.82. The molecule has 2 fully saturated rings. The van der Waals surface area contributed by atoms with E-state index >= 15 is 0 Å². The lowest BCUT2D eigenvalue weighted by Crippen LogP contribution is -2.43. The van der Waals surface area contributed by atoms with Gasteiger partial charge >= 0.3 is 7.05 Å². The van der Waals surface area contributed by atoms with E-state index in [1.807, 2.05) is 19.2 Å². The van der Waals surface area contributed by atoms with Gasteiger partial charge in [-0.1, -0.05) is 11.6 Å². The number of fused-ring (bicyclic) bond motifs is 1. The van der Waals surface area contributed by atoms with E-state index in [2.05, 4.69) is 37.8 Å². The van der Waals surface area contributed by atoms with Crippen molar-refractivity contribution in [3.63, 3.8) is 0 Å². The van der Waals surface area contributed by atoms with E-state index < -0.39 is 0 Å². The van der Waals surface area contributed by atoms with Crippen LogP contribution in [0.5, 0.6) is 0 Å². The molecule has 1 N–H and O–H groups in total. The topological polar surface area (TPSA) is 66.7 Å². The summed E-state index contributed by atoms with van der Waals surface area (Å²) in [5.41, 5.74) is 6.20. The summed E-state index contributed by atoms with van der Waals surface area (Å²) in [5, 5.41) is 14.5. The summed E-state index contributed by atoms with van der Waals surface area (Å²) in [5.74, 6) is 0. The highest BCUT2D eigenvalue weighted by Gasteiger charge is 2.26. The zero-order valence-corrected chi connectivity index (χ0v) is 17.7. The maximum atomic E-state index is 9.78. The zero-order valence-electron chi connectivity index (χ0n) is 17.7. The minimum atomic E-state index is -0.367. The summed E-state index contributed by atoms with van der Waals surface area (Å²) in [6.07, 6.45) is 11.4. The van der Waals surface area contributed by atoms with Crippen molar-refractivity contribution in [3.05, 3.63) is 41.4 Å². The van der Waals surface area contributed by atoms with E-state index in [9.17, 15) is 5.02 Å². The average Bonchev–Trinajstić information content (AvgIpc) is 3.41. The van der Waals surface area contributed by atoms with Gasteiger partial charge in [0.15, 0.2) is 0 Å². The van der Waals surface area contributed by atoms with Crippen molar-refractivity contribution in [2.24, 2.45) is 0 Å². The highest BCUT2D eigenvalue weighted by Crippen LogP contribution is 2.33. The van der Waals surface area contributed by atoms with Crippen LogP contribution in [0, 0.1) is 0 Å². The third-order valence-corrected chi connectivity index (χ3v) is 6.65. The van der Waals surface area contributed by atoms with E-state index in [1.165, 1.54) is 16.7 Å². The molecule has 5 rings (SSSR count). The number of rotatable bonds is 5. The van der Waals surface area contributed by atoms with E-state index in [0.29, 0.717) is 6.04 Å². The van der Waals surface area contributed by atoms with Crippen molar-refractivity contribution in [2.45, 2.75) is 32.1 Å². The molecular weight excluding hydrogens is 377 g/mol. The van der Waals surface area contributed by atoms with E-state index in [0.717, 1.165) is 76.5 Å². The SMILES string of the molecule is CB(O)N1CCC(n2cc(-c3nccc4c3C=C(CN3CCOCC3)C4)cn2)CC1. The van der Waals surface area contributed by atoms with Crippen molar-refractivity contribution in [3.8, 4) is 11.3 Å². The third-order valence-electron chi connectivity index (χ3n) is 6.65. The predicted octanol–water partition coefficient (Wildman–Crippen LogP) is 1.96. The molecule has 2 aliphatic heterocycles. The third kappa shape index (κ3) is 4.10. The van der Waals surface area contributed by atoms with Crippen molar-refractivity contribution in [1.29, 1.82) is 0 Å². The molecule has 1 aliphatic carbocycles. The van der Waals surface area contributed by atoms with Gasteiger partial charge < -0.3 is 14.6 Å². The van der Waals surface area contributed by atoms with Gasteiger partial charge in [0, 0.05) is 43.2 Å². The normalized spacial score (nSPS) is 20.9.